The lowest BCUT2D eigenvalue weighted by atomic mass is 10.0. The quantitative estimate of drug-likeness (QED) is 0.684. The van der Waals surface area contributed by atoms with Crippen molar-refractivity contribution in [2.24, 2.45) is 5.92 Å². The molecule has 1 heterocycles. The van der Waals surface area contributed by atoms with Crippen LogP contribution in [0.1, 0.15) is 12.8 Å². The van der Waals surface area contributed by atoms with Crippen LogP contribution in [0.15, 0.2) is 22.7 Å². The minimum Gasteiger partial charge on any atom is -0.384 e. The minimum atomic E-state index is -0.399. The first-order valence-electron chi connectivity index (χ1n) is 5.92. The molecule has 1 unspecified atom stereocenters. The van der Waals surface area contributed by atoms with Gasteiger partial charge >= 0.3 is 0 Å². The van der Waals surface area contributed by atoms with Gasteiger partial charge in [0.05, 0.1) is 11.5 Å². The molecule has 2 rings (SSSR count). The van der Waals surface area contributed by atoms with Gasteiger partial charge in [-0.05, 0) is 40.8 Å². The van der Waals surface area contributed by atoms with Gasteiger partial charge in [-0.2, -0.15) is 0 Å². The van der Waals surface area contributed by atoms with Crippen LogP contribution in [0.4, 0.5) is 11.4 Å². The number of nitrogens with one attached hydrogen (secondary N) is 1. The van der Waals surface area contributed by atoms with Crippen molar-refractivity contribution in [3.8, 4) is 0 Å². The third-order valence-electron chi connectivity index (χ3n) is 3.00. The third kappa shape index (κ3) is 3.43. The van der Waals surface area contributed by atoms with Gasteiger partial charge in [-0.15, -0.1) is 0 Å². The van der Waals surface area contributed by atoms with Crippen molar-refractivity contribution in [3.63, 3.8) is 0 Å². The summed E-state index contributed by atoms with van der Waals surface area (Å²) in [6.07, 6.45) is 2.27. The molecule has 1 aromatic rings. The van der Waals surface area contributed by atoms with E-state index in [2.05, 4.69) is 21.2 Å². The molecular formula is C12H15BrN2O3. The molecule has 1 saturated heterocycles. The highest BCUT2D eigenvalue weighted by atomic mass is 79.9. The fraction of sp³-hybridized carbons (Fsp3) is 0.500. The molecule has 0 aromatic heterocycles. The normalized spacial score (nSPS) is 19.5. The molecule has 6 heteroatoms. The van der Waals surface area contributed by atoms with Crippen LogP contribution in [-0.2, 0) is 4.74 Å². The highest BCUT2D eigenvalue weighted by Gasteiger charge is 2.14. The van der Waals surface area contributed by atoms with Gasteiger partial charge in [0.15, 0.2) is 0 Å². The standard InChI is InChI=1S/C12H15BrN2O3/c13-11-6-10(15(16)17)3-4-12(11)14-7-9-2-1-5-18-8-9/h3-4,6,9,14H,1-2,5,7-8H2. The summed E-state index contributed by atoms with van der Waals surface area (Å²) in [5.41, 5.74) is 0.972. The second kappa shape index (κ2) is 6.15. The molecule has 0 aliphatic carbocycles. The number of ether oxygens (including phenoxy) is 1. The number of rotatable bonds is 4. The van der Waals surface area contributed by atoms with Crippen molar-refractivity contribution >= 4 is 27.3 Å². The summed E-state index contributed by atoms with van der Waals surface area (Å²) in [6, 6.07) is 4.75. The number of halogens is 1. The van der Waals surface area contributed by atoms with Crippen molar-refractivity contribution in [2.75, 3.05) is 25.1 Å². The molecule has 1 aliphatic rings. The summed E-state index contributed by atoms with van der Waals surface area (Å²) >= 11 is 3.34. The van der Waals surface area contributed by atoms with Gasteiger partial charge in [-0.1, -0.05) is 0 Å². The Kier molecular flexibility index (Phi) is 4.54. The third-order valence-corrected chi connectivity index (χ3v) is 3.66. The molecule has 1 N–H and O–H groups in total. The highest BCUT2D eigenvalue weighted by molar-refractivity contribution is 9.10. The van der Waals surface area contributed by atoms with Crippen molar-refractivity contribution in [1.29, 1.82) is 0 Å². The molecule has 1 fully saturated rings. The van der Waals surface area contributed by atoms with Crippen molar-refractivity contribution in [3.05, 3.63) is 32.8 Å². The zero-order chi connectivity index (χ0) is 13.0. The van der Waals surface area contributed by atoms with Crippen molar-refractivity contribution in [1.82, 2.24) is 0 Å². The van der Waals surface area contributed by atoms with E-state index >= 15 is 0 Å². The van der Waals surface area contributed by atoms with Crippen LogP contribution in [-0.4, -0.2) is 24.7 Å². The lowest BCUT2D eigenvalue weighted by Crippen LogP contribution is -2.24. The van der Waals surface area contributed by atoms with Gasteiger partial charge < -0.3 is 10.1 Å². The Morgan fingerprint density at radius 1 is 1.56 bits per heavy atom. The van der Waals surface area contributed by atoms with E-state index in [-0.39, 0.29) is 5.69 Å². The second-order valence-corrected chi connectivity index (χ2v) is 5.24. The van der Waals surface area contributed by atoms with E-state index in [0.717, 1.165) is 38.3 Å². The van der Waals surface area contributed by atoms with Gasteiger partial charge in [-0.25, -0.2) is 0 Å². The van der Waals surface area contributed by atoms with Crippen molar-refractivity contribution < 1.29 is 9.66 Å². The molecule has 0 amide bonds. The molecule has 0 saturated carbocycles. The largest absolute Gasteiger partial charge is 0.384 e. The van der Waals surface area contributed by atoms with E-state index in [9.17, 15) is 10.1 Å². The summed E-state index contributed by atoms with van der Waals surface area (Å²) in [6.45, 7) is 2.48. The van der Waals surface area contributed by atoms with E-state index in [1.807, 2.05) is 0 Å². The number of non-ortho nitro benzene ring substituents is 1. The molecular weight excluding hydrogens is 300 g/mol. The Morgan fingerprint density at radius 2 is 2.39 bits per heavy atom. The fourth-order valence-electron chi connectivity index (χ4n) is 1.98. The number of nitrogens with zero attached hydrogens (tertiary/aromatic N) is 1. The van der Waals surface area contributed by atoms with Gasteiger partial charge in [0.25, 0.3) is 5.69 Å². The number of hydrogen-bond donors (Lipinski definition) is 1. The van der Waals surface area contributed by atoms with Gasteiger partial charge in [-0.3, -0.25) is 10.1 Å². The molecule has 0 bridgehead atoms. The molecule has 18 heavy (non-hydrogen) atoms. The second-order valence-electron chi connectivity index (χ2n) is 4.39. The Labute approximate surface area is 114 Å². The molecule has 98 valence electrons. The maximum Gasteiger partial charge on any atom is 0.270 e. The van der Waals surface area contributed by atoms with Gasteiger partial charge in [0, 0.05) is 35.4 Å². The summed E-state index contributed by atoms with van der Waals surface area (Å²) in [5, 5.41) is 13.9. The van der Waals surface area contributed by atoms with Crippen LogP contribution in [0.2, 0.25) is 0 Å². The fourth-order valence-corrected chi connectivity index (χ4v) is 2.49. The number of benzene rings is 1. The number of anilines is 1. The lowest BCUT2D eigenvalue weighted by Gasteiger charge is -2.22. The molecule has 1 aliphatic heterocycles. The van der Waals surface area contributed by atoms with E-state index in [4.69, 9.17) is 4.74 Å². The number of nitro benzene ring substituents is 1. The van der Waals surface area contributed by atoms with Crippen LogP contribution in [0, 0.1) is 16.0 Å². The molecule has 1 atom stereocenters. The average Bonchev–Trinajstić information content (AvgIpc) is 2.38. The highest BCUT2D eigenvalue weighted by Crippen LogP contribution is 2.27. The average molecular weight is 315 g/mol. The van der Waals surface area contributed by atoms with E-state index in [1.165, 1.54) is 12.1 Å². The van der Waals surface area contributed by atoms with Crippen LogP contribution in [0.25, 0.3) is 0 Å². The molecule has 1 aromatic carbocycles. The summed E-state index contributed by atoms with van der Waals surface area (Å²) in [7, 11) is 0. The van der Waals surface area contributed by atoms with Gasteiger partial charge in [0.1, 0.15) is 0 Å². The topological polar surface area (TPSA) is 64.4 Å². The van der Waals surface area contributed by atoms with Crippen LogP contribution in [0.5, 0.6) is 0 Å². The molecule has 0 spiro atoms. The van der Waals surface area contributed by atoms with E-state index < -0.39 is 4.92 Å². The predicted octanol–water partition coefficient (Wildman–Crippen LogP) is 3.20. The Bertz CT molecular complexity index is 433. The van der Waals surface area contributed by atoms with E-state index in [1.54, 1.807) is 6.07 Å². The first kappa shape index (κ1) is 13.3. The van der Waals surface area contributed by atoms with E-state index in [0.29, 0.717) is 10.4 Å². The Balaban J connectivity index is 1.94. The summed E-state index contributed by atoms with van der Waals surface area (Å²) < 4.78 is 6.13. The first-order chi connectivity index (χ1) is 8.66. The number of nitro groups is 1. The zero-order valence-corrected chi connectivity index (χ0v) is 11.5. The minimum absolute atomic E-state index is 0.0911. The summed E-state index contributed by atoms with van der Waals surface area (Å²) in [4.78, 5) is 10.2. The van der Waals surface area contributed by atoms with Crippen LogP contribution in [0.3, 0.4) is 0 Å². The first-order valence-corrected chi connectivity index (χ1v) is 6.71. The molecule has 5 nitrogen and oxygen atoms in total. The monoisotopic (exact) mass is 314 g/mol. The Morgan fingerprint density at radius 3 is 3.00 bits per heavy atom. The van der Waals surface area contributed by atoms with Crippen LogP contribution >= 0.6 is 15.9 Å². The zero-order valence-electron chi connectivity index (χ0n) is 9.89. The van der Waals surface area contributed by atoms with Gasteiger partial charge in [0.2, 0.25) is 0 Å². The lowest BCUT2D eigenvalue weighted by molar-refractivity contribution is -0.384. The smallest absolute Gasteiger partial charge is 0.270 e. The van der Waals surface area contributed by atoms with Crippen molar-refractivity contribution in [2.45, 2.75) is 12.8 Å². The predicted molar refractivity (Wildman–Crippen MR) is 72.8 cm³/mol. The SMILES string of the molecule is O=[N+]([O-])c1ccc(NCC2CCCOC2)c(Br)c1. The Hall–Kier alpha value is -1.14. The van der Waals surface area contributed by atoms with Crippen LogP contribution < -0.4 is 5.32 Å². The maximum absolute atomic E-state index is 10.6. The number of hydrogen-bond acceptors (Lipinski definition) is 4. The molecule has 0 radical (unpaired) electrons. The summed E-state index contributed by atoms with van der Waals surface area (Å²) in [5.74, 6) is 0.515. The maximum atomic E-state index is 10.6.